The summed E-state index contributed by atoms with van der Waals surface area (Å²) in [5, 5.41) is 5.41. The van der Waals surface area contributed by atoms with Crippen LogP contribution >= 0.6 is 35.0 Å². The first-order valence-electron chi connectivity index (χ1n) is 9.20. The number of amides is 1. The van der Waals surface area contributed by atoms with Crippen LogP contribution in [0.1, 0.15) is 16.7 Å². The average molecular weight is 459 g/mol. The van der Waals surface area contributed by atoms with Gasteiger partial charge in [0, 0.05) is 15.8 Å². The summed E-state index contributed by atoms with van der Waals surface area (Å²) in [6.07, 6.45) is 1.60. The van der Waals surface area contributed by atoms with Gasteiger partial charge in [0.05, 0.1) is 12.0 Å². The third-order valence-electron chi connectivity index (χ3n) is 4.02. The molecule has 1 amide bonds. The van der Waals surface area contributed by atoms with Gasteiger partial charge in [0.2, 0.25) is 5.91 Å². The molecule has 30 heavy (non-hydrogen) atoms. The number of ether oxygens (including phenoxy) is 1. The molecule has 1 N–H and O–H groups in total. The van der Waals surface area contributed by atoms with E-state index in [1.54, 1.807) is 6.21 Å². The van der Waals surface area contributed by atoms with Crippen LogP contribution in [0.25, 0.3) is 0 Å². The van der Waals surface area contributed by atoms with Gasteiger partial charge in [0.25, 0.3) is 0 Å². The number of halogens is 2. The summed E-state index contributed by atoms with van der Waals surface area (Å²) in [5.74, 6) is 1.68. The van der Waals surface area contributed by atoms with E-state index in [0.29, 0.717) is 22.4 Å². The standard InChI is InChI=1S/C23H20Cl2N2O2S/c24-20-7-1-18(2-8-20)14-29-22-11-5-17(6-12-22)13-26-27-23(28)16-30-15-19-3-9-21(25)10-4-19/h1-13H,14-16H2,(H,27,28)/b26-13-. The molecular weight excluding hydrogens is 439 g/mol. The number of nitrogens with one attached hydrogen (secondary N) is 1. The van der Waals surface area contributed by atoms with Gasteiger partial charge >= 0.3 is 0 Å². The van der Waals surface area contributed by atoms with Crippen molar-refractivity contribution in [3.63, 3.8) is 0 Å². The van der Waals surface area contributed by atoms with Gasteiger partial charge in [-0.15, -0.1) is 11.8 Å². The Balaban J connectivity index is 1.37. The molecule has 0 fully saturated rings. The first-order valence-corrected chi connectivity index (χ1v) is 11.1. The number of carbonyl (C=O) groups is 1. The Hall–Kier alpha value is -2.47. The summed E-state index contributed by atoms with van der Waals surface area (Å²) in [6, 6.07) is 22.6. The fraction of sp³-hybridized carbons (Fsp3) is 0.130. The van der Waals surface area contributed by atoms with E-state index in [9.17, 15) is 4.79 Å². The van der Waals surface area contributed by atoms with Gasteiger partial charge in [-0.05, 0) is 65.2 Å². The van der Waals surface area contributed by atoms with E-state index < -0.39 is 0 Å². The number of benzene rings is 3. The predicted molar refractivity (Wildman–Crippen MR) is 126 cm³/mol. The monoisotopic (exact) mass is 458 g/mol. The Bertz CT molecular complexity index is 976. The zero-order chi connectivity index (χ0) is 21.2. The fourth-order valence-corrected chi connectivity index (χ4v) is 3.48. The second kappa shape index (κ2) is 11.6. The quantitative estimate of drug-likeness (QED) is 0.318. The first kappa shape index (κ1) is 22.2. The number of hydrogen-bond donors (Lipinski definition) is 1. The second-order valence-electron chi connectivity index (χ2n) is 6.40. The predicted octanol–water partition coefficient (Wildman–Crippen LogP) is 5.96. The van der Waals surface area contributed by atoms with E-state index in [1.807, 2.05) is 72.8 Å². The Morgan fingerprint density at radius 2 is 1.50 bits per heavy atom. The normalized spacial score (nSPS) is 10.9. The summed E-state index contributed by atoms with van der Waals surface area (Å²) >= 11 is 13.3. The topological polar surface area (TPSA) is 50.7 Å². The van der Waals surface area contributed by atoms with E-state index in [4.69, 9.17) is 27.9 Å². The minimum Gasteiger partial charge on any atom is -0.489 e. The average Bonchev–Trinajstić information content (AvgIpc) is 2.76. The van der Waals surface area contributed by atoms with Crippen LogP contribution in [0.3, 0.4) is 0 Å². The van der Waals surface area contributed by atoms with Crippen molar-refractivity contribution >= 4 is 47.1 Å². The second-order valence-corrected chi connectivity index (χ2v) is 8.26. The lowest BCUT2D eigenvalue weighted by molar-refractivity contribution is -0.118. The maximum absolute atomic E-state index is 11.9. The van der Waals surface area contributed by atoms with Crippen LogP contribution in [-0.4, -0.2) is 17.9 Å². The van der Waals surface area contributed by atoms with Crippen molar-refractivity contribution in [2.24, 2.45) is 5.10 Å². The lowest BCUT2D eigenvalue weighted by Crippen LogP contribution is -2.19. The fourth-order valence-electron chi connectivity index (χ4n) is 2.45. The zero-order valence-electron chi connectivity index (χ0n) is 16.1. The molecule has 0 aliphatic heterocycles. The van der Waals surface area contributed by atoms with Gasteiger partial charge in [-0.3, -0.25) is 4.79 Å². The highest BCUT2D eigenvalue weighted by atomic mass is 35.5. The van der Waals surface area contributed by atoms with Crippen molar-refractivity contribution in [1.82, 2.24) is 5.43 Å². The zero-order valence-corrected chi connectivity index (χ0v) is 18.4. The Morgan fingerprint density at radius 3 is 2.13 bits per heavy atom. The summed E-state index contributed by atoms with van der Waals surface area (Å²) in [7, 11) is 0. The maximum Gasteiger partial charge on any atom is 0.250 e. The van der Waals surface area contributed by atoms with Crippen molar-refractivity contribution in [2.45, 2.75) is 12.4 Å². The van der Waals surface area contributed by atoms with Gasteiger partial charge < -0.3 is 4.74 Å². The van der Waals surface area contributed by atoms with Crippen molar-refractivity contribution in [3.8, 4) is 5.75 Å². The Labute approximate surface area is 190 Å². The summed E-state index contributed by atoms with van der Waals surface area (Å²) in [4.78, 5) is 11.9. The Morgan fingerprint density at radius 1 is 0.900 bits per heavy atom. The smallest absolute Gasteiger partial charge is 0.250 e. The SMILES string of the molecule is O=C(CSCc1ccc(Cl)cc1)N/N=C\c1ccc(OCc2ccc(Cl)cc2)cc1. The number of rotatable bonds is 9. The van der Waals surface area contributed by atoms with E-state index in [1.165, 1.54) is 11.8 Å². The highest BCUT2D eigenvalue weighted by Gasteiger charge is 2.01. The van der Waals surface area contributed by atoms with E-state index in [2.05, 4.69) is 10.5 Å². The lowest BCUT2D eigenvalue weighted by atomic mass is 10.2. The molecule has 4 nitrogen and oxygen atoms in total. The minimum absolute atomic E-state index is 0.145. The molecule has 0 heterocycles. The van der Waals surface area contributed by atoms with Crippen LogP contribution in [0.15, 0.2) is 77.9 Å². The van der Waals surface area contributed by atoms with Gasteiger partial charge in [-0.1, -0.05) is 47.5 Å². The molecule has 3 aromatic carbocycles. The number of hydrazone groups is 1. The molecule has 0 atom stereocenters. The maximum atomic E-state index is 11.9. The van der Waals surface area contributed by atoms with Crippen LogP contribution < -0.4 is 10.2 Å². The highest BCUT2D eigenvalue weighted by molar-refractivity contribution is 7.99. The summed E-state index contributed by atoms with van der Waals surface area (Å²) < 4.78 is 5.75. The molecule has 154 valence electrons. The van der Waals surface area contributed by atoms with Gasteiger partial charge in [0.1, 0.15) is 12.4 Å². The van der Waals surface area contributed by atoms with Crippen molar-refractivity contribution in [3.05, 3.63) is 99.5 Å². The lowest BCUT2D eigenvalue weighted by Gasteiger charge is -2.06. The van der Waals surface area contributed by atoms with Crippen LogP contribution in [-0.2, 0) is 17.2 Å². The number of thioether (sulfide) groups is 1. The van der Waals surface area contributed by atoms with E-state index in [-0.39, 0.29) is 5.91 Å². The Kier molecular flexibility index (Phi) is 8.63. The van der Waals surface area contributed by atoms with E-state index >= 15 is 0 Å². The van der Waals surface area contributed by atoms with Crippen LogP contribution in [0.4, 0.5) is 0 Å². The molecule has 0 aliphatic carbocycles. The number of hydrogen-bond acceptors (Lipinski definition) is 4. The highest BCUT2D eigenvalue weighted by Crippen LogP contribution is 2.16. The molecule has 0 unspecified atom stereocenters. The number of carbonyl (C=O) groups excluding carboxylic acids is 1. The van der Waals surface area contributed by atoms with Gasteiger partial charge in [-0.25, -0.2) is 5.43 Å². The molecule has 3 rings (SSSR count). The van der Waals surface area contributed by atoms with Crippen molar-refractivity contribution in [1.29, 1.82) is 0 Å². The first-order chi connectivity index (χ1) is 14.6. The largest absolute Gasteiger partial charge is 0.489 e. The molecule has 0 saturated carbocycles. The van der Waals surface area contributed by atoms with Crippen molar-refractivity contribution < 1.29 is 9.53 Å². The van der Waals surface area contributed by atoms with Gasteiger partial charge in [0.15, 0.2) is 0 Å². The third kappa shape index (κ3) is 7.75. The molecule has 0 spiro atoms. The molecule has 0 bridgehead atoms. The van der Waals surface area contributed by atoms with Crippen LogP contribution in [0.5, 0.6) is 5.75 Å². The van der Waals surface area contributed by atoms with Crippen molar-refractivity contribution in [2.75, 3.05) is 5.75 Å². The molecule has 0 aliphatic rings. The van der Waals surface area contributed by atoms with Crippen LogP contribution in [0, 0.1) is 0 Å². The molecule has 7 heteroatoms. The van der Waals surface area contributed by atoms with Gasteiger partial charge in [-0.2, -0.15) is 5.10 Å². The van der Waals surface area contributed by atoms with E-state index in [0.717, 1.165) is 28.2 Å². The molecule has 0 saturated heterocycles. The summed E-state index contributed by atoms with van der Waals surface area (Å²) in [5.41, 5.74) is 5.57. The molecule has 0 radical (unpaired) electrons. The molecule has 3 aromatic rings. The summed E-state index contributed by atoms with van der Waals surface area (Å²) in [6.45, 7) is 0.467. The minimum atomic E-state index is -0.145. The van der Waals surface area contributed by atoms with Crippen LogP contribution in [0.2, 0.25) is 10.0 Å². The number of nitrogens with zero attached hydrogens (tertiary/aromatic N) is 1. The molecule has 0 aromatic heterocycles. The third-order valence-corrected chi connectivity index (χ3v) is 5.52. The molecular formula is C23H20Cl2N2O2S.